The average Bonchev–Trinajstić information content (AvgIpc) is 2.67. The van der Waals surface area contributed by atoms with Crippen molar-refractivity contribution in [3.8, 4) is 5.75 Å². The molecule has 3 rings (SSSR count). The van der Waals surface area contributed by atoms with E-state index in [-0.39, 0.29) is 11.9 Å². The number of alkyl halides is 3. The number of nitrogens with one attached hydrogen (secondary N) is 1. The van der Waals surface area contributed by atoms with Crippen LogP contribution in [0, 0.1) is 0 Å². The van der Waals surface area contributed by atoms with Crippen LogP contribution in [0.4, 0.5) is 13.2 Å². The molecule has 29 heavy (non-hydrogen) atoms. The van der Waals surface area contributed by atoms with Gasteiger partial charge < -0.3 is 20.3 Å². The van der Waals surface area contributed by atoms with Gasteiger partial charge in [-0.1, -0.05) is 30.3 Å². The minimum atomic E-state index is -4.36. The predicted octanol–water partition coefficient (Wildman–Crippen LogP) is 3.64. The highest BCUT2D eigenvalue weighted by Crippen LogP contribution is 2.33. The Bertz CT molecular complexity index is 880. The molecule has 0 aliphatic carbocycles. The third kappa shape index (κ3) is 6.96. The summed E-state index contributed by atoms with van der Waals surface area (Å²) in [5.74, 6) is -2.28. The normalized spacial score (nSPS) is 15.8. The molecule has 0 spiro atoms. The number of fused-ring (bicyclic) bond motifs is 1. The van der Waals surface area contributed by atoms with Crippen LogP contribution in [-0.4, -0.2) is 28.7 Å². The summed E-state index contributed by atoms with van der Waals surface area (Å²) in [6.45, 7) is 1.33. The second-order valence-electron chi connectivity index (χ2n) is 5.97. The van der Waals surface area contributed by atoms with Crippen molar-refractivity contribution in [2.24, 2.45) is 0 Å². The first-order valence-electron chi connectivity index (χ1n) is 8.43. The van der Waals surface area contributed by atoms with Crippen LogP contribution in [0.2, 0.25) is 0 Å². The number of hydrogen-bond donors (Lipinski definition) is 3. The maximum Gasteiger partial charge on any atom is 0.416 e. The molecule has 9 heteroatoms. The third-order valence-corrected chi connectivity index (χ3v) is 3.86. The van der Waals surface area contributed by atoms with Crippen LogP contribution < -0.4 is 10.1 Å². The highest BCUT2D eigenvalue weighted by molar-refractivity contribution is 5.89. The lowest BCUT2D eigenvalue weighted by atomic mass is 9.99. The van der Waals surface area contributed by atoms with E-state index in [0.717, 1.165) is 29.8 Å². The van der Waals surface area contributed by atoms with E-state index >= 15 is 0 Å². The van der Waals surface area contributed by atoms with E-state index in [9.17, 15) is 22.8 Å². The fourth-order valence-electron chi connectivity index (χ4n) is 2.61. The molecule has 0 radical (unpaired) electrons. The first-order valence-corrected chi connectivity index (χ1v) is 8.43. The van der Waals surface area contributed by atoms with Crippen LogP contribution in [0.25, 0.3) is 0 Å². The smallest absolute Gasteiger partial charge is 0.416 e. The second-order valence-corrected chi connectivity index (χ2v) is 5.97. The van der Waals surface area contributed by atoms with Gasteiger partial charge in [-0.25, -0.2) is 9.59 Å². The van der Waals surface area contributed by atoms with Gasteiger partial charge in [0.2, 0.25) is 0 Å². The molecule has 0 aromatic heterocycles. The lowest BCUT2D eigenvalue weighted by molar-refractivity contribution is -0.137. The monoisotopic (exact) mass is 409 g/mol. The number of carboxylic acid groups (broad SMARTS) is 2. The number of carbonyl (C=O) groups is 2. The lowest BCUT2D eigenvalue weighted by Crippen LogP contribution is -2.31. The first kappa shape index (κ1) is 22.0. The van der Waals surface area contributed by atoms with E-state index in [4.69, 9.17) is 14.9 Å². The summed E-state index contributed by atoms with van der Waals surface area (Å²) in [7, 11) is 0. The molecule has 0 fully saturated rings. The number of aliphatic carboxylic acids is 2. The second kappa shape index (κ2) is 9.74. The van der Waals surface area contributed by atoms with E-state index in [2.05, 4.69) is 5.32 Å². The SMILES string of the molecule is FC(F)(F)c1cccc(OC2CNCc3ccccc32)c1.O=C(O)/C=C\C(=O)O. The van der Waals surface area contributed by atoms with Crippen LogP contribution in [0.15, 0.2) is 60.7 Å². The van der Waals surface area contributed by atoms with E-state index in [0.29, 0.717) is 18.7 Å². The fraction of sp³-hybridized carbons (Fsp3) is 0.200. The average molecular weight is 409 g/mol. The summed E-state index contributed by atoms with van der Waals surface area (Å²) in [5, 5.41) is 18.8. The van der Waals surface area contributed by atoms with Gasteiger partial charge in [0.15, 0.2) is 0 Å². The molecule has 1 unspecified atom stereocenters. The van der Waals surface area contributed by atoms with E-state index in [1.54, 1.807) is 6.07 Å². The maximum atomic E-state index is 12.7. The van der Waals surface area contributed by atoms with Crippen molar-refractivity contribution in [3.05, 3.63) is 77.4 Å². The Labute approximate surface area is 164 Å². The Morgan fingerprint density at radius 1 is 1.03 bits per heavy atom. The predicted molar refractivity (Wildman–Crippen MR) is 97.4 cm³/mol. The molecular formula is C20H18F3NO5. The summed E-state index contributed by atoms with van der Waals surface area (Å²) in [5.41, 5.74) is 1.44. The molecule has 6 nitrogen and oxygen atoms in total. The number of halogens is 3. The van der Waals surface area contributed by atoms with Crippen LogP contribution in [0.3, 0.4) is 0 Å². The fourth-order valence-corrected chi connectivity index (χ4v) is 2.61. The van der Waals surface area contributed by atoms with Crippen molar-refractivity contribution in [1.29, 1.82) is 0 Å². The van der Waals surface area contributed by atoms with Crippen molar-refractivity contribution >= 4 is 11.9 Å². The molecule has 0 saturated heterocycles. The summed E-state index contributed by atoms with van der Waals surface area (Å²) >= 11 is 0. The van der Waals surface area contributed by atoms with Crippen LogP contribution in [0.1, 0.15) is 22.8 Å². The highest BCUT2D eigenvalue weighted by atomic mass is 19.4. The molecule has 1 atom stereocenters. The topological polar surface area (TPSA) is 95.9 Å². The molecule has 1 aliphatic rings. The number of hydrogen-bond acceptors (Lipinski definition) is 4. The van der Waals surface area contributed by atoms with Crippen LogP contribution in [0.5, 0.6) is 5.75 Å². The molecule has 1 aliphatic heterocycles. The van der Waals surface area contributed by atoms with Gasteiger partial charge in [0.1, 0.15) is 11.9 Å². The zero-order chi connectivity index (χ0) is 21.4. The molecule has 0 amide bonds. The summed E-state index contributed by atoms with van der Waals surface area (Å²) in [6.07, 6.45) is -3.52. The Morgan fingerprint density at radius 3 is 2.31 bits per heavy atom. The van der Waals surface area contributed by atoms with Gasteiger partial charge in [0, 0.05) is 25.2 Å². The quantitative estimate of drug-likeness (QED) is 0.668. The Hall–Kier alpha value is -3.33. The van der Waals surface area contributed by atoms with Crippen molar-refractivity contribution in [3.63, 3.8) is 0 Å². The van der Waals surface area contributed by atoms with Crippen molar-refractivity contribution < 1.29 is 37.7 Å². The third-order valence-electron chi connectivity index (χ3n) is 3.86. The minimum absolute atomic E-state index is 0.230. The van der Waals surface area contributed by atoms with Gasteiger partial charge in [-0.05, 0) is 29.3 Å². The number of ether oxygens (including phenoxy) is 1. The lowest BCUT2D eigenvalue weighted by Gasteiger charge is -2.27. The van der Waals surface area contributed by atoms with Crippen LogP contribution in [-0.2, 0) is 22.3 Å². The highest BCUT2D eigenvalue weighted by Gasteiger charge is 2.31. The molecule has 3 N–H and O–H groups in total. The van der Waals surface area contributed by atoms with Gasteiger partial charge in [0.25, 0.3) is 0 Å². The van der Waals surface area contributed by atoms with Crippen molar-refractivity contribution in [1.82, 2.24) is 5.32 Å². The molecule has 0 bridgehead atoms. The number of carboxylic acids is 2. The zero-order valence-electron chi connectivity index (χ0n) is 15.0. The van der Waals surface area contributed by atoms with E-state index in [1.807, 2.05) is 24.3 Å². The van der Waals surface area contributed by atoms with Gasteiger partial charge in [0.05, 0.1) is 5.56 Å². The number of benzene rings is 2. The van der Waals surface area contributed by atoms with Gasteiger partial charge >= 0.3 is 18.1 Å². The largest absolute Gasteiger partial charge is 0.484 e. The van der Waals surface area contributed by atoms with Crippen molar-refractivity contribution in [2.45, 2.75) is 18.8 Å². The molecular weight excluding hydrogens is 391 g/mol. The molecule has 154 valence electrons. The van der Waals surface area contributed by atoms with Gasteiger partial charge in [-0.15, -0.1) is 0 Å². The van der Waals surface area contributed by atoms with E-state index < -0.39 is 23.7 Å². The standard InChI is InChI=1S/C16H14F3NO.C4H4O4/c17-16(18,19)12-5-3-6-13(8-12)21-15-10-20-9-11-4-1-2-7-14(11)15;5-3(6)1-2-4(7)8/h1-8,15,20H,9-10H2;1-2H,(H,5,6)(H,7,8)/b;2-1-. The van der Waals surface area contributed by atoms with Gasteiger partial charge in [-0.3, -0.25) is 0 Å². The zero-order valence-corrected chi connectivity index (χ0v) is 15.0. The van der Waals surface area contributed by atoms with E-state index in [1.165, 1.54) is 6.07 Å². The summed E-state index contributed by atoms with van der Waals surface area (Å²) in [4.78, 5) is 19.1. The Balaban J connectivity index is 0.000000321. The Morgan fingerprint density at radius 2 is 1.69 bits per heavy atom. The van der Waals surface area contributed by atoms with Gasteiger partial charge in [-0.2, -0.15) is 13.2 Å². The number of rotatable bonds is 4. The van der Waals surface area contributed by atoms with Crippen molar-refractivity contribution in [2.75, 3.05) is 6.54 Å². The summed E-state index contributed by atoms with van der Waals surface area (Å²) in [6, 6.07) is 12.8. The molecule has 2 aromatic rings. The first-order chi connectivity index (χ1) is 13.7. The molecule has 2 aromatic carbocycles. The summed E-state index contributed by atoms with van der Waals surface area (Å²) < 4.78 is 43.9. The minimum Gasteiger partial charge on any atom is -0.484 e. The molecule has 1 heterocycles. The molecule has 0 saturated carbocycles. The Kier molecular flexibility index (Phi) is 7.38. The maximum absolute atomic E-state index is 12.7. The van der Waals surface area contributed by atoms with Crippen LogP contribution >= 0.6 is 0 Å².